The molecule has 136 valence electrons. The molecule has 2 aromatic carbocycles. The smallest absolute Gasteiger partial charge is 0.408 e. The minimum absolute atomic E-state index is 0.326. The van der Waals surface area contributed by atoms with E-state index in [1.807, 2.05) is 25.1 Å². The first kappa shape index (κ1) is 16.9. The van der Waals surface area contributed by atoms with Gasteiger partial charge in [-0.05, 0) is 31.2 Å². The molecule has 1 aliphatic rings. The van der Waals surface area contributed by atoms with Gasteiger partial charge in [0.05, 0.1) is 10.4 Å². The molecule has 0 aliphatic carbocycles. The van der Waals surface area contributed by atoms with Crippen molar-refractivity contribution in [2.24, 2.45) is 0 Å². The van der Waals surface area contributed by atoms with E-state index in [1.165, 1.54) is 4.31 Å². The maximum atomic E-state index is 12.8. The van der Waals surface area contributed by atoms with Crippen LogP contribution in [0, 0.1) is 6.92 Å². The first-order valence-electron chi connectivity index (χ1n) is 8.38. The maximum absolute atomic E-state index is 12.8. The molecular weight excluding hydrogens is 354 g/mol. The van der Waals surface area contributed by atoms with Gasteiger partial charge < -0.3 is 9.32 Å². The molecule has 1 N–H and O–H groups in total. The highest BCUT2D eigenvalue weighted by Crippen LogP contribution is 2.24. The fraction of sp³-hybridized carbons (Fsp3) is 0.278. The molecule has 7 nitrogen and oxygen atoms in total. The Morgan fingerprint density at radius 2 is 1.69 bits per heavy atom. The largest absolute Gasteiger partial charge is 0.417 e. The van der Waals surface area contributed by atoms with Crippen LogP contribution < -0.4 is 10.7 Å². The molecule has 0 radical (unpaired) electrons. The van der Waals surface area contributed by atoms with Gasteiger partial charge >= 0.3 is 5.76 Å². The summed E-state index contributed by atoms with van der Waals surface area (Å²) in [6, 6.07) is 12.4. The number of benzene rings is 2. The number of nitrogens with one attached hydrogen (secondary N) is 1. The average Bonchev–Trinajstić information content (AvgIpc) is 3.01. The van der Waals surface area contributed by atoms with E-state index in [-0.39, 0.29) is 0 Å². The van der Waals surface area contributed by atoms with Gasteiger partial charge in [0.25, 0.3) is 0 Å². The zero-order valence-electron chi connectivity index (χ0n) is 14.3. The molecule has 0 atom stereocenters. The van der Waals surface area contributed by atoms with E-state index in [2.05, 4.69) is 9.88 Å². The van der Waals surface area contributed by atoms with Gasteiger partial charge in [0, 0.05) is 37.9 Å². The Labute approximate surface area is 150 Å². The quantitative estimate of drug-likeness (QED) is 0.758. The number of H-pyrrole nitrogens is 1. The van der Waals surface area contributed by atoms with Gasteiger partial charge in [-0.2, -0.15) is 4.31 Å². The maximum Gasteiger partial charge on any atom is 0.417 e. The predicted molar refractivity (Wildman–Crippen MR) is 99.0 cm³/mol. The highest BCUT2D eigenvalue weighted by atomic mass is 32.2. The lowest BCUT2D eigenvalue weighted by molar-refractivity contribution is 0.385. The summed E-state index contributed by atoms with van der Waals surface area (Å²) in [6.07, 6.45) is 0. The van der Waals surface area contributed by atoms with Crippen molar-refractivity contribution in [3.05, 3.63) is 58.6 Å². The summed E-state index contributed by atoms with van der Waals surface area (Å²) in [5.41, 5.74) is 3.09. The zero-order chi connectivity index (χ0) is 18.3. The predicted octanol–water partition coefficient (Wildman–Crippen LogP) is 1.94. The number of rotatable bonds is 3. The number of hydrogen-bond donors (Lipinski definition) is 1. The van der Waals surface area contributed by atoms with Crippen LogP contribution in [-0.2, 0) is 10.0 Å². The molecule has 8 heteroatoms. The minimum Gasteiger partial charge on any atom is -0.408 e. The molecule has 26 heavy (non-hydrogen) atoms. The Morgan fingerprint density at radius 1 is 1.00 bits per heavy atom. The van der Waals surface area contributed by atoms with Gasteiger partial charge in [0.15, 0.2) is 5.58 Å². The Morgan fingerprint density at radius 3 is 2.38 bits per heavy atom. The number of aromatic nitrogens is 1. The van der Waals surface area contributed by atoms with Crippen molar-refractivity contribution in [2.75, 3.05) is 31.1 Å². The minimum atomic E-state index is -3.47. The Bertz CT molecular complexity index is 1090. The number of oxazole rings is 1. The summed E-state index contributed by atoms with van der Waals surface area (Å²) in [5, 5.41) is 0. The lowest BCUT2D eigenvalue weighted by Crippen LogP contribution is -2.48. The highest BCUT2D eigenvalue weighted by molar-refractivity contribution is 7.89. The molecule has 0 amide bonds. The lowest BCUT2D eigenvalue weighted by atomic mass is 10.2. The Kier molecular flexibility index (Phi) is 4.08. The monoisotopic (exact) mass is 373 g/mol. The highest BCUT2D eigenvalue weighted by Gasteiger charge is 2.28. The Balaban J connectivity index is 1.50. The van der Waals surface area contributed by atoms with Gasteiger partial charge in [0.1, 0.15) is 0 Å². The number of aryl methyl sites for hydroxylation is 1. The van der Waals surface area contributed by atoms with Crippen LogP contribution in [0.15, 0.2) is 56.6 Å². The number of piperazine rings is 1. The molecular formula is C18H19N3O4S. The van der Waals surface area contributed by atoms with Crippen molar-refractivity contribution in [1.82, 2.24) is 9.29 Å². The fourth-order valence-corrected chi connectivity index (χ4v) is 4.60. The summed E-state index contributed by atoms with van der Waals surface area (Å²) in [5.74, 6) is -0.480. The standard InChI is InChI=1S/C18H19N3O4S/c1-13-2-5-15(6-3-13)26(23,24)21-10-8-20(9-11-21)14-4-7-16-17(12-14)25-18(22)19-16/h2-7,12H,8-11H2,1H3,(H,19,22). The number of anilines is 1. The molecule has 0 unspecified atom stereocenters. The van der Waals surface area contributed by atoms with E-state index in [9.17, 15) is 13.2 Å². The molecule has 3 aromatic rings. The SMILES string of the molecule is Cc1ccc(S(=O)(=O)N2CCN(c3ccc4[nH]c(=O)oc4c3)CC2)cc1. The molecule has 1 fully saturated rings. The molecule has 1 saturated heterocycles. The zero-order valence-corrected chi connectivity index (χ0v) is 15.1. The van der Waals surface area contributed by atoms with Crippen LogP contribution in [0.5, 0.6) is 0 Å². The summed E-state index contributed by atoms with van der Waals surface area (Å²) < 4.78 is 32.2. The van der Waals surface area contributed by atoms with E-state index in [0.717, 1.165) is 11.3 Å². The van der Waals surface area contributed by atoms with E-state index in [0.29, 0.717) is 42.2 Å². The van der Waals surface area contributed by atoms with Gasteiger partial charge in [-0.15, -0.1) is 0 Å². The summed E-state index contributed by atoms with van der Waals surface area (Å²) in [6.45, 7) is 3.89. The number of fused-ring (bicyclic) bond motifs is 1. The molecule has 0 saturated carbocycles. The van der Waals surface area contributed by atoms with Crippen LogP contribution >= 0.6 is 0 Å². The third-order valence-corrected chi connectivity index (χ3v) is 6.58. The van der Waals surface area contributed by atoms with Crippen LogP contribution in [0.1, 0.15) is 5.56 Å². The number of sulfonamides is 1. The number of nitrogens with zero attached hydrogens (tertiary/aromatic N) is 2. The first-order valence-corrected chi connectivity index (χ1v) is 9.82. The normalized spacial score (nSPS) is 16.3. The van der Waals surface area contributed by atoms with Gasteiger partial charge in [-0.1, -0.05) is 17.7 Å². The van der Waals surface area contributed by atoms with E-state index in [4.69, 9.17) is 4.42 Å². The van der Waals surface area contributed by atoms with Crippen LogP contribution in [0.2, 0.25) is 0 Å². The van der Waals surface area contributed by atoms with Crippen molar-refractivity contribution in [1.29, 1.82) is 0 Å². The first-order chi connectivity index (χ1) is 12.4. The molecule has 1 aromatic heterocycles. The van der Waals surface area contributed by atoms with Crippen molar-refractivity contribution >= 4 is 26.8 Å². The summed E-state index contributed by atoms with van der Waals surface area (Å²) >= 11 is 0. The number of aromatic amines is 1. The lowest BCUT2D eigenvalue weighted by Gasteiger charge is -2.35. The van der Waals surface area contributed by atoms with E-state index >= 15 is 0 Å². The average molecular weight is 373 g/mol. The summed E-state index contributed by atoms with van der Waals surface area (Å²) in [7, 11) is -3.47. The van der Waals surface area contributed by atoms with Crippen LogP contribution in [0.4, 0.5) is 5.69 Å². The van der Waals surface area contributed by atoms with Crippen molar-refractivity contribution in [3.8, 4) is 0 Å². The van der Waals surface area contributed by atoms with E-state index < -0.39 is 15.8 Å². The molecule has 2 heterocycles. The second kappa shape index (κ2) is 6.30. The summed E-state index contributed by atoms with van der Waals surface area (Å²) in [4.78, 5) is 16.3. The molecule has 4 rings (SSSR count). The number of hydrogen-bond acceptors (Lipinski definition) is 5. The van der Waals surface area contributed by atoms with Crippen LogP contribution in [-0.4, -0.2) is 43.9 Å². The second-order valence-corrected chi connectivity index (χ2v) is 8.34. The van der Waals surface area contributed by atoms with Gasteiger partial charge in [-0.25, -0.2) is 13.2 Å². The van der Waals surface area contributed by atoms with Gasteiger partial charge in [-0.3, -0.25) is 4.98 Å². The molecule has 0 bridgehead atoms. The van der Waals surface area contributed by atoms with Crippen molar-refractivity contribution in [3.63, 3.8) is 0 Å². The Hall–Kier alpha value is -2.58. The van der Waals surface area contributed by atoms with Gasteiger partial charge in [0.2, 0.25) is 10.0 Å². The topological polar surface area (TPSA) is 86.6 Å². The van der Waals surface area contributed by atoms with E-state index in [1.54, 1.807) is 24.3 Å². The molecule has 0 spiro atoms. The van der Waals surface area contributed by atoms with Crippen molar-refractivity contribution < 1.29 is 12.8 Å². The molecule has 1 aliphatic heterocycles. The van der Waals surface area contributed by atoms with Crippen LogP contribution in [0.3, 0.4) is 0 Å². The third-order valence-electron chi connectivity index (χ3n) is 4.67. The van der Waals surface area contributed by atoms with Crippen LogP contribution in [0.25, 0.3) is 11.1 Å². The van der Waals surface area contributed by atoms with Crippen molar-refractivity contribution in [2.45, 2.75) is 11.8 Å². The third kappa shape index (κ3) is 3.02. The fourth-order valence-electron chi connectivity index (χ4n) is 3.18. The second-order valence-electron chi connectivity index (χ2n) is 6.40.